The molecular weight excluding hydrogens is 352 g/mol. The van der Waals surface area contributed by atoms with Gasteiger partial charge in [0.15, 0.2) is 0 Å². The van der Waals surface area contributed by atoms with Gasteiger partial charge in [0.25, 0.3) is 0 Å². The van der Waals surface area contributed by atoms with Gasteiger partial charge in [0.1, 0.15) is 0 Å². The van der Waals surface area contributed by atoms with Crippen LogP contribution in [0.15, 0.2) is 22.9 Å². The number of hydrogen-bond donors (Lipinski definition) is 3. The molecule has 1 aromatic rings. The number of aliphatic carboxylic acids is 1. The SMILES string of the molecule is CCN(CC(=O)O)C1CC(NC(=O)Nc2ccncc2Br)C1. The normalized spacial score (nSPS) is 20.3. The van der Waals surface area contributed by atoms with Crippen LogP contribution >= 0.6 is 15.9 Å². The van der Waals surface area contributed by atoms with Gasteiger partial charge in [0, 0.05) is 24.5 Å². The topological polar surface area (TPSA) is 94.6 Å². The lowest BCUT2D eigenvalue weighted by molar-refractivity contribution is -0.139. The number of pyridine rings is 1. The quantitative estimate of drug-likeness (QED) is 0.710. The first-order valence-electron chi connectivity index (χ1n) is 7.12. The van der Waals surface area contributed by atoms with Crippen molar-refractivity contribution in [2.24, 2.45) is 0 Å². The van der Waals surface area contributed by atoms with Gasteiger partial charge in [-0.1, -0.05) is 6.92 Å². The van der Waals surface area contributed by atoms with E-state index >= 15 is 0 Å². The number of aromatic nitrogens is 1. The summed E-state index contributed by atoms with van der Waals surface area (Å²) >= 11 is 3.32. The minimum Gasteiger partial charge on any atom is -0.480 e. The number of carboxylic acids is 1. The molecule has 8 heteroatoms. The van der Waals surface area contributed by atoms with E-state index in [0.29, 0.717) is 12.2 Å². The maximum atomic E-state index is 11.9. The van der Waals surface area contributed by atoms with Gasteiger partial charge in [-0.2, -0.15) is 0 Å². The molecule has 3 N–H and O–H groups in total. The number of nitrogens with one attached hydrogen (secondary N) is 2. The number of hydrogen-bond acceptors (Lipinski definition) is 4. The highest BCUT2D eigenvalue weighted by Crippen LogP contribution is 2.26. The Bertz CT molecular complexity index is 549. The molecule has 1 fully saturated rings. The van der Waals surface area contributed by atoms with E-state index in [1.165, 1.54) is 0 Å². The number of rotatable bonds is 6. The van der Waals surface area contributed by atoms with E-state index in [0.717, 1.165) is 17.3 Å². The monoisotopic (exact) mass is 370 g/mol. The molecule has 7 nitrogen and oxygen atoms in total. The fourth-order valence-electron chi connectivity index (χ4n) is 2.50. The highest BCUT2D eigenvalue weighted by atomic mass is 79.9. The van der Waals surface area contributed by atoms with Crippen LogP contribution in [0.4, 0.5) is 10.5 Å². The Morgan fingerprint density at radius 3 is 2.82 bits per heavy atom. The summed E-state index contributed by atoms with van der Waals surface area (Å²) in [6.07, 6.45) is 4.75. The molecule has 1 heterocycles. The van der Waals surface area contributed by atoms with Gasteiger partial charge >= 0.3 is 12.0 Å². The lowest BCUT2D eigenvalue weighted by atomic mass is 9.85. The van der Waals surface area contributed by atoms with Crippen LogP contribution in [-0.2, 0) is 4.79 Å². The first kappa shape index (κ1) is 16.7. The number of carbonyl (C=O) groups excluding carboxylic acids is 1. The molecule has 0 aliphatic heterocycles. The third-order valence-corrected chi connectivity index (χ3v) is 4.36. The predicted molar refractivity (Wildman–Crippen MR) is 85.8 cm³/mol. The summed E-state index contributed by atoms with van der Waals surface area (Å²) in [6, 6.07) is 1.74. The number of likely N-dealkylation sites (N-methyl/N-ethyl adjacent to an activating group) is 1. The molecule has 0 spiro atoms. The molecular formula is C14H19BrN4O3. The van der Waals surface area contributed by atoms with E-state index in [1.807, 2.05) is 11.8 Å². The van der Waals surface area contributed by atoms with E-state index in [2.05, 4.69) is 31.5 Å². The molecule has 0 unspecified atom stereocenters. The number of amides is 2. The first-order chi connectivity index (χ1) is 10.5. The molecule has 2 amide bonds. The fraction of sp³-hybridized carbons (Fsp3) is 0.500. The largest absolute Gasteiger partial charge is 0.480 e. The lowest BCUT2D eigenvalue weighted by Crippen LogP contribution is -2.55. The molecule has 0 bridgehead atoms. The minimum atomic E-state index is -0.821. The number of urea groups is 1. The van der Waals surface area contributed by atoms with Crippen molar-refractivity contribution in [1.82, 2.24) is 15.2 Å². The Labute approximate surface area is 137 Å². The first-order valence-corrected chi connectivity index (χ1v) is 7.91. The van der Waals surface area contributed by atoms with E-state index in [9.17, 15) is 9.59 Å². The summed E-state index contributed by atoms with van der Waals surface area (Å²) in [5.74, 6) is -0.821. The smallest absolute Gasteiger partial charge is 0.319 e. The second kappa shape index (κ2) is 7.55. The molecule has 2 rings (SSSR count). The summed E-state index contributed by atoms with van der Waals surface area (Å²) in [6.45, 7) is 2.68. The summed E-state index contributed by atoms with van der Waals surface area (Å²) < 4.78 is 0.718. The van der Waals surface area contributed by atoms with Crippen molar-refractivity contribution in [1.29, 1.82) is 0 Å². The van der Waals surface area contributed by atoms with Gasteiger partial charge in [0.2, 0.25) is 0 Å². The van der Waals surface area contributed by atoms with Gasteiger partial charge in [-0.25, -0.2) is 4.79 Å². The maximum absolute atomic E-state index is 11.9. The van der Waals surface area contributed by atoms with Crippen molar-refractivity contribution in [3.05, 3.63) is 22.9 Å². The molecule has 0 saturated heterocycles. The number of carbonyl (C=O) groups is 2. The highest BCUT2D eigenvalue weighted by Gasteiger charge is 2.34. The van der Waals surface area contributed by atoms with Gasteiger partial charge in [0.05, 0.1) is 16.7 Å². The zero-order valence-electron chi connectivity index (χ0n) is 12.3. The zero-order chi connectivity index (χ0) is 16.1. The Hall–Kier alpha value is -1.67. The van der Waals surface area contributed by atoms with Gasteiger partial charge in [-0.3, -0.25) is 14.7 Å². The zero-order valence-corrected chi connectivity index (χ0v) is 13.8. The van der Waals surface area contributed by atoms with Crippen molar-refractivity contribution in [2.45, 2.75) is 31.8 Å². The molecule has 1 aliphatic rings. The van der Waals surface area contributed by atoms with Crippen LogP contribution < -0.4 is 10.6 Å². The summed E-state index contributed by atoms with van der Waals surface area (Å²) in [4.78, 5) is 28.5. The molecule has 1 aromatic heterocycles. The van der Waals surface area contributed by atoms with Crippen molar-refractivity contribution >= 4 is 33.6 Å². The fourth-order valence-corrected chi connectivity index (χ4v) is 2.85. The van der Waals surface area contributed by atoms with Crippen LogP contribution in [0.5, 0.6) is 0 Å². The highest BCUT2D eigenvalue weighted by molar-refractivity contribution is 9.10. The second-order valence-electron chi connectivity index (χ2n) is 5.23. The van der Waals surface area contributed by atoms with Crippen LogP contribution in [-0.4, -0.2) is 52.2 Å². The minimum absolute atomic E-state index is 0.0457. The average molecular weight is 371 g/mol. The van der Waals surface area contributed by atoms with Crippen LogP contribution in [0.25, 0.3) is 0 Å². The average Bonchev–Trinajstić information content (AvgIpc) is 2.42. The molecule has 1 saturated carbocycles. The van der Waals surface area contributed by atoms with Gasteiger partial charge in [-0.15, -0.1) is 0 Å². The predicted octanol–water partition coefficient (Wildman–Crippen LogP) is 1.90. The van der Waals surface area contributed by atoms with Crippen LogP contribution in [0.2, 0.25) is 0 Å². The van der Waals surface area contributed by atoms with Crippen molar-refractivity contribution < 1.29 is 14.7 Å². The van der Waals surface area contributed by atoms with Crippen LogP contribution in [0.1, 0.15) is 19.8 Å². The van der Waals surface area contributed by atoms with E-state index in [-0.39, 0.29) is 24.7 Å². The van der Waals surface area contributed by atoms with Crippen molar-refractivity contribution in [3.63, 3.8) is 0 Å². The Morgan fingerprint density at radius 2 is 2.23 bits per heavy atom. The van der Waals surface area contributed by atoms with Gasteiger partial charge in [-0.05, 0) is 41.4 Å². The Balaban J connectivity index is 1.76. The van der Waals surface area contributed by atoms with E-state index < -0.39 is 5.97 Å². The van der Waals surface area contributed by atoms with E-state index in [4.69, 9.17) is 5.11 Å². The van der Waals surface area contributed by atoms with E-state index in [1.54, 1.807) is 18.5 Å². The molecule has 22 heavy (non-hydrogen) atoms. The lowest BCUT2D eigenvalue weighted by Gasteiger charge is -2.42. The maximum Gasteiger partial charge on any atom is 0.319 e. The number of nitrogens with zero attached hydrogens (tertiary/aromatic N) is 2. The Kier molecular flexibility index (Phi) is 5.73. The van der Waals surface area contributed by atoms with Crippen molar-refractivity contribution in [3.8, 4) is 0 Å². The second-order valence-corrected chi connectivity index (χ2v) is 6.09. The number of anilines is 1. The van der Waals surface area contributed by atoms with Crippen LogP contribution in [0, 0.1) is 0 Å². The standard InChI is InChI=1S/C14H19BrN4O3/c1-2-19(8-13(20)21)10-5-9(6-10)17-14(22)18-12-3-4-16-7-11(12)15/h3-4,7,9-10H,2,5-6,8H2,1H3,(H,20,21)(H2,16,17,18,22). The molecule has 1 aliphatic carbocycles. The Morgan fingerprint density at radius 1 is 1.50 bits per heavy atom. The molecule has 0 radical (unpaired) electrons. The van der Waals surface area contributed by atoms with Gasteiger partial charge < -0.3 is 15.7 Å². The summed E-state index contributed by atoms with van der Waals surface area (Å²) in [5, 5.41) is 14.5. The molecule has 0 atom stereocenters. The molecule has 0 aromatic carbocycles. The summed E-state index contributed by atoms with van der Waals surface area (Å²) in [7, 11) is 0. The number of halogens is 1. The summed E-state index contributed by atoms with van der Waals surface area (Å²) in [5.41, 5.74) is 0.657. The third-order valence-electron chi connectivity index (χ3n) is 3.73. The third kappa shape index (κ3) is 4.41. The molecule has 120 valence electrons. The van der Waals surface area contributed by atoms with Crippen LogP contribution in [0.3, 0.4) is 0 Å². The van der Waals surface area contributed by atoms with Crippen molar-refractivity contribution in [2.75, 3.05) is 18.4 Å². The number of carboxylic acid groups (broad SMARTS) is 1.